The lowest BCUT2D eigenvalue weighted by molar-refractivity contribution is -0.140. The zero-order valence-corrected chi connectivity index (χ0v) is 30.5. The van der Waals surface area contributed by atoms with Gasteiger partial charge in [0.2, 0.25) is 5.91 Å². The molecule has 0 aliphatic carbocycles. The van der Waals surface area contributed by atoms with Crippen molar-refractivity contribution in [2.45, 2.75) is 76.3 Å². The zero-order valence-electron chi connectivity index (χ0n) is 29.8. The summed E-state index contributed by atoms with van der Waals surface area (Å²) in [6.45, 7) is 3.31. The van der Waals surface area contributed by atoms with E-state index in [0.29, 0.717) is 54.9 Å². The quantitative estimate of drug-likeness (QED) is 0.284. The molecule has 2 amide bonds. The Morgan fingerprint density at radius 2 is 1.89 bits per heavy atom. The SMILES string of the molecule is CNC(=O)C1CN(C(=O)c2nn3c(c2Cl)CN(c2nc(OC)nc4c2COC(c2c(C(F)(F)F)ccc(N)c2F)C4)CCC3)C1.FC1CC2CCCN2C1. The minimum Gasteiger partial charge on any atom is -0.467 e. The van der Waals surface area contributed by atoms with Gasteiger partial charge in [0.25, 0.3) is 5.91 Å². The molecule has 2 aromatic heterocycles. The fraction of sp³-hybridized carbons (Fsp3) is 0.571. The van der Waals surface area contributed by atoms with Crippen LogP contribution in [0.25, 0.3) is 0 Å². The monoisotopic (exact) mass is 781 g/mol. The minimum absolute atomic E-state index is 0.0309. The molecule has 3 aromatic rings. The van der Waals surface area contributed by atoms with Crippen LogP contribution in [-0.4, -0.2) is 100 Å². The van der Waals surface area contributed by atoms with Crippen molar-refractivity contribution in [1.82, 2.24) is 34.9 Å². The highest BCUT2D eigenvalue weighted by Gasteiger charge is 2.41. The van der Waals surface area contributed by atoms with Gasteiger partial charge in [-0.25, -0.2) is 8.78 Å². The van der Waals surface area contributed by atoms with E-state index in [1.165, 1.54) is 24.9 Å². The number of carbonyl (C=O) groups excluding carboxylic acids is 2. The lowest BCUT2D eigenvalue weighted by Gasteiger charge is -2.37. The maximum absolute atomic E-state index is 15.1. The highest BCUT2D eigenvalue weighted by atomic mass is 35.5. The number of hydrogen-bond acceptors (Lipinski definition) is 10. The second kappa shape index (κ2) is 15.1. The molecule has 8 rings (SSSR count). The van der Waals surface area contributed by atoms with Crippen molar-refractivity contribution in [3.05, 3.63) is 56.7 Å². The average molecular weight is 782 g/mol. The summed E-state index contributed by atoms with van der Waals surface area (Å²) in [7, 11) is 2.90. The number of rotatable bonds is 5. The van der Waals surface area contributed by atoms with E-state index in [1.807, 2.05) is 4.90 Å². The van der Waals surface area contributed by atoms with Crippen LogP contribution in [0.4, 0.5) is 33.5 Å². The van der Waals surface area contributed by atoms with Gasteiger partial charge in [-0.05, 0) is 44.4 Å². The number of alkyl halides is 4. The molecule has 19 heteroatoms. The first-order valence-corrected chi connectivity index (χ1v) is 18.2. The van der Waals surface area contributed by atoms with Gasteiger partial charge in [0, 0.05) is 63.4 Å². The van der Waals surface area contributed by atoms with Gasteiger partial charge in [-0.15, -0.1) is 0 Å². The summed E-state index contributed by atoms with van der Waals surface area (Å²) < 4.78 is 82.0. The zero-order chi connectivity index (χ0) is 38.5. The number of nitrogen functional groups attached to an aromatic ring is 1. The fourth-order valence-electron chi connectivity index (χ4n) is 7.93. The van der Waals surface area contributed by atoms with Crippen molar-refractivity contribution in [3.8, 4) is 6.01 Å². The second-order valence-electron chi connectivity index (χ2n) is 14.1. The smallest absolute Gasteiger partial charge is 0.416 e. The van der Waals surface area contributed by atoms with E-state index in [4.69, 9.17) is 26.8 Å². The number of halogens is 6. The van der Waals surface area contributed by atoms with E-state index >= 15 is 4.39 Å². The Hall–Kier alpha value is -4.29. The number of aromatic nitrogens is 4. The summed E-state index contributed by atoms with van der Waals surface area (Å²) in [6, 6.07) is 2.20. The van der Waals surface area contributed by atoms with Crippen LogP contribution in [0.3, 0.4) is 0 Å². The molecule has 5 aliphatic heterocycles. The van der Waals surface area contributed by atoms with E-state index in [0.717, 1.165) is 25.1 Å². The van der Waals surface area contributed by atoms with E-state index in [2.05, 4.69) is 25.3 Å². The summed E-state index contributed by atoms with van der Waals surface area (Å²) in [6.07, 6.45) is -2.94. The Kier molecular flexibility index (Phi) is 10.6. The number of amides is 2. The molecule has 1 aromatic carbocycles. The molecule has 3 unspecified atom stereocenters. The van der Waals surface area contributed by atoms with Crippen LogP contribution in [0, 0.1) is 11.7 Å². The van der Waals surface area contributed by atoms with Crippen LogP contribution in [0.5, 0.6) is 6.01 Å². The average Bonchev–Trinajstić information content (AvgIpc) is 3.74. The number of nitrogens with one attached hydrogen (secondary N) is 1. The van der Waals surface area contributed by atoms with Crippen LogP contribution < -0.4 is 20.7 Å². The van der Waals surface area contributed by atoms with E-state index in [-0.39, 0.29) is 67.1 Å². The van der Waals surface area contributed by atoms with Gasteiger partial charge in [-0.2, -0.15) is 28.2 Å². The number of fused-ring (bicyclic) bond motifs is 3. The standard InChI is InChI=1S/C28H29ClF4N8O4.C7H12FN/c1-35-25(42)13-9-40(10-13)26(43)23-21(29)18-11-39(6-3-7-41(18)38-23)24-14-12-45-19(8-17(14)36-27(37-24)44-2)20-15(28(31,32)33)4-5-16(34)22(20)30;8-6-4-7-2-1-3-9(7)5-6/h4-5,13,19H,3,6-12,34H2,1-2H3,(H,35,42);6-7H,1-5H2. The van der Waals surface area contributed by atoms with Crippen molar-refractivity contribution in [1.29, 1.82) is 0 Å². The topological polar surface area (TPSA) is 144 Å². The summed E-state index contributed by atoms with van der Waals surface area (Å²) in [4.78, 5) is 39.6. The molecular weight excluding hydrogens is 741 g/mol. The van der Waals surface area contributed by atoms with Gasteiger partial charge in [0.15, 0.2) is 11.5 Å². The van der Waals surface area contributed by atoms with Crippen molar-refractivity contribution in [2.75, 3.05) is 57.5 Å². The van der Waals surface area contributed by atoms with Gasteiger partial charge in [0.1, 0.15) is 12.0 Å². The predicted molar refractivity (Wildman–Crippen MR) is 186 cm³/mol. The predicted octanol–water partition coefficient (Wildman–Crippen LogP) is 4.31. The van der Waals surface area contributed by atoms with Crippen LogP contribution in [0.1, 0.15) is 70.4 Å². The van der Waals surface area contributed by atoms with Crippen molar-refractivity contribution >= 4 is 34.9 Å². The van der Waals surface area contributed by atoms with Crippen LogP contribution in [-0.2, 0) is 41.8 Å². The molecule has 292 valence electrons. The number of anilines is 2. The third kappa shape index (κ3) is 7.26. The van der Waals surface area contributed by atoms with Crippen LogP contribution in [0.2, 0.25) is 5.02 Å². The number of carbonyl (C=O) groups is 2. The van der Waals surface area contributed by atoms with Crippen LogP contribution in [0.15, 0.2) is 12.1 Å². The van der Waals surface area contributed by atoms with Gasteiger partial charge in [0.05, 0.1) is 59.9 Å². The number of methoxy groups -OCH3 is 1. The number of benzene rings is 1. The van der Waals surface area contributed by atoms with Crippen LogP contribution >= 0.6 is 11.6 Å². The Morgan fingerprint density at radius 1 is 1.11 bits per heavy atom. The number of aryl methyl sites for hydroxylation is 1. The van der Waals surface area contributed by atoms with Gasteiger partial charge in [-0.1, -0.05) is 11.6 Å². The second-order valence-corrected chi connectivity index (χ2v) is 14.5. The molecular formula is C35H41ClF5N9O4. The van der Waals surface area contributed by atoms with E-state index < -0.39 is 41.1 Å². The number of nitrogens with zero attached hydrogens (tertiary/aromatic N) is 7. The molecule has 54 heavy (non-hydrogen) atoms. The first-order chi connectivity index (χ1) is 25.8. The largest absolute Gasteiger partial charge is 0.467 e. The Labute approximate surface area is 312 Å². The number of ether oxygens (including phenoxy) is 2. The molecule has 13 nitrogen and oxygen atoms in total. The molecule has 3 saturated heterocycles. The highest BCUT2D eigenvalue weighted by Crippen LogP contribution is 2.43. The van der Waals surface area contributed by atoms with Gasteiger partial charge >= 0.3 is 12.2 Å². The Bertz CT molecular complexity index is 1910. The van der Waals surface area contributed by atoms with Crippen molar-refractivity contribution in [2.24, 2.45) is 5.92 Å². The molecule has 0 radical (unpaired) electrons. The third-order valence-electron chi connectivity index (χ3n) is 10.8. The molecule has 5 aliphatic rings. The van der Waals surface area contributed by atoms with E-state index in [9.17, 15) is 27.2 Å². The number of hydrogen-bond donors (Lipinski definition) is 2. The summed E-state index contributed by atoms with van der Waals surface area (Å²) in [5.41, 5.74) is 4.85. The highest BCUT2D eigenvalue weighted by molar-refractivity contribution is 6.34. The molecule has 0 spiro atoms. The van der Waals surface area contributed by atoms with Gasteiger partial charge in [-0.3, -0.25) is 19.2 Å². The minimum atomic E-state index is -4.84. The maximum Gasteiger partial charge on any atom is 0.416 e. The lowest BCUT2D eigenvalue weighted by atomic mass is 9.94. The Morgan fingerprint density at radius 3 is 2.59 bits per heavy atom. The third-order valence-corrected chi connectivity index (χ3v) is 11.2. The normalized spacial score (nSPS) is 22.7. The van der Waals surface area contributed by atoms with Crippen molar-refractivity contribution in [3.63, 3.8) is 0 Å². The molecule has 7 heterocycles. The first-order valence-electron chi connectivity index (χ1n) is 17.9. The molecule has 3 fully saturated rings. The Balaban J connectivity index is 0.000000433. The summed E-state index contributed by atoms with van der Waals surface area (Å²) in [5, 5.41) is 7.24. The lowest BCUT2D eigenvalue weighted by Crippen LogP contribution is -2.55. The molecule has 0 saturated carbocycles. The summed E-state index contributed by atoms with van der Waals surface area (Å²) >= 11 is 6.73. The fourth-order valence-corrected chi connectivity index (χ4v) is 8.21. The number of nitrogens with two attached hydrogens (primary N) is 1. The van der Waals surface area contributed by atoms with Gasteiger partial charge < -0.3 is 30.3 Å². The molecule has 3 N–H and O–H groups in total. The maximum atomic E-state index is 15.1. The van der Waals surface area contributed by atoms with Crippen molar-refractivity contribution < 1.29 is 41.0 Å². The summed E-state index contributed by atoms with van der Waals surface area (Å²) in [5.74, 6) is -1.58. The number of likely N-dealkylation sites (tertiary alicyclic amines) is 1. The van der Waals surface area contributed by atoms with E-state index in [1.54, 1.807) is 11.7 Å². The molecule has 0 bridgehead atoms. The molecule has 3 atom stereocenters. The first kappa shape index (κ1) is 38.0.